The predicted octanol–water partition coefficient (Wildman–Crippen LogP) is 3.31. The van der Waals surface area contributed by atoms with E-state index in [2.05, 4.69) is 5.32 Å². The molecule has 1 saturated heterocycles. The zero-order valence-electron chi connectivity index (χ0n) is 13.8. The molecule has 0 aromatic heterocycles. The maximum absolute atomic E-state index is 12.2. The van der Waals surface area contributed by atoms with E-state index in [4.69, 9.17) is 11.6 Å². The maximum Gasteiger partial charge on any atom is 0.244 e. The Labute approximate surface area is 150 Å². The SMILES string of the molecule is CC(C)(C)C(=O)/C=C1\SCC(=O)N1CC(=O)Nc1ccccc1Cl. The van der Waals surface area contributed by atoms with Crippen LogP contribution in [0.15, 0.2) is 35.4 Å². The Bertz CT molecular complexity index is 710. The second-order valence-electron chi connectivity index (χ2n) is 6.39. The number of carbonyl (C=O) groups is 3. The van der Waals surface area contributed by atoms with E-state index in [0.29, 0.717) is 15.7 Å². The summed E-state index contributed by atoms with van der Waals surface area (Å²) in [6, 6.07) is 6.87. The average Bonchev–Trinajstić information content (AvgIpc) is 2.81. The lowest BCUT2D eigenvalue weighted by atomic mass is 9.91. The van der Waals surface area contributed by atoms with Crippen LogP contribution in [-0.2, 0) is 14.4 Å². The molecule has 1 aromatic carbocycles. The molecule has 1 aliphatic heterocycles. The van der Waals surface area contributed by atoms with Gasteiger partial charge in [-0.1, -0.05) is 56.3 Å². The number of hydrogen-bond donors (Lipinski definition) is 1. The molecule has 24 heavy (non-hydrogen) atoms. The fourth-order valence-corrected chi connectivity index (χ4v) is 3.05. The van der Waals surface area contributed by atoms with E-state index >= 15 is 0 Å². The number of rotatable bonds is 4. The smallest absolute Gasteiger partial charge is 0.244 e. The van der Waals surface area contributed by atoms with Gasteiger partial charge in [0.15, 0.2) is 5.78 Å². The van der Waals surface area contributed by atoms with E-state index < -0.39 is 5.41 Å². The number of para-hydroxylation sites is 1. The predicted molar refractivity (Wildman–Crippen MR) is 96.8 cm³/mol. The van der Waals surface area contributed by atoms with Crippen LogP contribution in [0, 0.1) is 5.41 Å². The summed E-state index contributed by atoms with van der Waals surface area (Å²) in [5, 5.41) is 3.61. The summed E-state index contributed by atoms with van der Waals surface area (Å²) in [6.07, 6.45) is 1.44. The fraction of sp³-hybridized carbons (Fsp3) is 0.353. The summed E-state index contributed by atoms with van der Waals surface area (Å²) in [7, 11) is 0. The van der Waals surface area contributed by atoms with Gasteiger partial charge >= 0.3 is 0 Å². The van der Waals surface area contributed by atoms with Crippen LogP contribution in [0.2, 0.25) is 5.02 Å². The third-order valence-electron chi connectivity index (χ3n) is 3.35. The highest BCUT2D eigenvalue weighted by Gasteiger charge is 2.30. The molecule has 0 atom stereocenters. The summed E-state index contributed by atoms with van der Waals surface area (Å²) in [5.41, 5.74) is -0.0511. The van der Waals surface area contributed by atoms with Crippen molar-refractivity contribution in [2.75, 3.05) is 17.6 Å². The van der Waals surface area contributed by atoms with Gasteiger partial charge in [0, 0.05) is 11.5 Å². The summed E-state index contributed by atoms with van der Waals surface area (Å²) in [4.78, 5) is 37.7. The molecule has 0 spiro atoms. The Hall–Kier alpha value is -1.79. The zero-order valence-corrected chi connectivity index (χ0v) is 15.3. The van der Waals surface area contributed by atoms with Crippen molar-refractivity contribution in [2.45, 2.75) is 20.8 Å². The van der Waals surface area contributed by atoms with Crippen LogP contribution >= 0.6 is 23.4 Å². The highest BCUT2D eigenvalue weighted by molar-refractivity contribution is 8.04. The van der Waals surface area contributed by atoms with Crippen molar-refractivity contribution in [1.82, 2.24) is 4.90 Å². The van der Waals surface area contributed by atoms with Crippen LogP contribution in [0.5, 0.6) is 0 Å². The first-order valence-electron chi connectivity index (χ1n) is 7.42. The minimum absolute atomic E-state index is 0.0868. The first-order valence-corrected chi connectivity index (χ1v) is 8.78. The number of hydrogen-bond acceptors (Lipinski definition) is 4. The van der Waals surface area contributed by atoms with Gasteiger partial charge in [-0.25, -0.2) is 0 Å². The molecule has 5 nitrogen and oxygen atoms in total. The van der Waals surface area contributed by atoms with Crippen LogP contribution in [0.4, 0.5) is 5.69 Å². The van der Waals surface area contributed by atoms with Crippen molar-refractivity contribution in [3.8, 4) is 0 Å². The standard InChI is InChI=1S/C17H19ClN2O3S/c1-17(2,3)13(21)8-16-20(15(23)10-24-16)9-14(22)19-12-7-5-4-6-11(12)18/h4-8H,9-10H2,1-3H3,(H,19,22)/b16-8-. The third-order valence-corrected chi connectivity index (χ3v) is 4.71. The van der Waals surface area contributed by atoms with Gasteiger partial charge < -0.3 is 5.32 Å². The molecule has 1 heterocycles. The van der Waals surface area contributed by atoms with Crippen LogP contribution in [-0.4, -0.2) is 34.8 Å². The molecular weight excluding hydrogens is 348 g/mol. The number of allylic oxidation sites excluding steroid dienone is 1. The first-order chi connectivity index (χ1) is 11.2. The van der Waals surface area contributed by atoms with Crippen LogP contribution in [0.1, 0.15) is 20.8 Å². The molecule has 0 unspecified atom stereocenters. The highest BCUT2D eigenvalue weighted by atomic mass is 35.5. The van der Waals surface area contributed by atoms with E-state index in [0.717, 1.165) is 0 Å². The van der Waals surface area contributed by atoms with Gasteiger partial charge in [-0.2, -0.15) is 0 Å². The van der Waals surface area contributed by atoms with Gasteiger partial charge in [-0.05, 0) is 12.1 Å². The minimum atomic E-state index is -0.537. The van der Waals surface area contributed by atoms with Crippen molar-refractivity contribution in [1.29, 1.82) is 0 Å². The number of amides is 2. The number of nitrogens with one attached hydrogen (secondary N) is 1. The van der Waals surface area contributed by atoms with Crippen molar-refractivity contribution in [3.05, 3.63) is 40.4 Å². The number of halogens is 1. The van der Waals surface area contributed by atoms with Crippen LogP contribution < -0.4 is 5.32 Å². The maximum atomic E-state index is 12.2. The lowest BCUT2D eigenvalue weighted by molar-refractivity contribution is -0.129. The Kier molecular flexibility index (Phi) is 5.72. The number of ketones is 1. The number of thioether (sulfide) groups is 1. The molecule has 1 N–H and O–H groups in total. The molecule has 0 aliphatic carbocycles. The molecular formula is C17H19ClN2O3S. The zero-order chi connectivity index (χ0) is 17.9. The number of nitrogens with zero attached hydrogens (tertiary/aromatic N) is 1. The Morgan fingerprint density at radius 2 is 2.00 bits per heavy atom. The molecule has 0 saturated carbocycles. The third kappa shape index (κ3) is 4.61. The number of carbonyl (C=O) groups excluding carboxylic acids is 3. The van der Waals surface area contributed by atoms with Gasteiger partial charge in [0.25, 0.3) is 0 Å². The monoisotopic (exact) mass is 366 g/mol. The average molecular weight is 367 g/mol. The molecule has 2 rings (SSSR count). The molecule has 1 fully saturated rings. The van der Waals surface area contributed by atoms with Crippen LogP contribution in [0.3, 0.4) is 0 Å². The largest absolute Gasteiger partial charge is 0.323 e. The Morgan fingerprint density at radius 1 is 1.33 bits per heavy atom. The lowest BCUT2D eigenvalue weighted by Crippen LogP contribution is -2.34. The van der Waals surface area contributed by atoms with E-state index in [1.54, 1.807) is 24.3 Å². The van der Waals surface area contributed by atoms with Crippen molar-refractivity contribution < 1.29 is 14.4 Å². The van der Waals surface area contributed by atoms with E-state index in [1.165, 1.54) is 22.7 Å². The molecule has 1 aromatic rings. The molecule has 128 valence electrons. The molecule has 1 aliphatic rings. The van der Waals surface area contributed by atoms with E-state index in [-0.39, 0.29) is 29.9 Å². The number of anilines is 1. The van der Waals surface area contributed by atoms with Crippen molar-refractivity contribution >= 4 is 46.6 Å². The van der Waals surface area contributed by atoms with Crippen molar-refractivity contribution in [3.63, 3.8) is 0 Å². The normalized spacial score (nSPS) is 16.6. The molecule has 0 radical (unpaired) electrons. The quantitative estimate of drug-likeness (QED) is 0.830. The van der Waals surface area contributed by atoms with Gasteiger partial charge in [0.05, 0.1) is 21.5 Å². The summed E-state index contributed by atoms with van der Waals surface area (Å²) in [5.74, 6) is -0.422. The fourth-order valence-electron chi connectivity index (χ4n) is 1.92. The summed E-state index contributed by atoms with van der Waals surface area (Å²) < 4.78 is 0. The van der Waals surface area contributed by atoms with E-state index in [9.17, 15) is 14.4 Å². The second-order valence-corrected chi connectivity index (χ2v) is 7.80. The second kappa shape index (κ2) is 7.40. The summed E-state index contributed by atoms with van der Waals surface area (Å²) >= 11 is 7.27. The van der Waals surface area contributed by atoms with Gasteiger partial charge in [-0.3, -0.25) is 19.3 Å². The summed E-state index contributed by atoms with van der Waals surface area (Å²) in [6.45, 7) is 5.27. The first kappa shape index (κ1) is 18.5. The minimum Gasteiger partial charge on any atom is -0.323 e. The van der Waals surface area contributed by atoms with Gasteiger partial charge in [0.1, 0.15) is 6.54 Å². The topological polar surface area (TPSA) is 66.5 Å². The molecule has 7 heteroatoms. The number of benzene rings is 1. The molecule has 2 amide bonds. The van der Waals surface area contributed by atoms with Crippen LogP contribution in [0.25, 0.3) is 0 Å². The Balaban J connectivity index is 2.10. The van der Waals surface area contributed by atoms with E-state index in [1.807, 2.05) is 20.8 Å². The van der Waals surface area contributed by atoms with Gasteiger partial charge in [-0.15, -0.1) is 0 Å². The lowest BCUT2D eigenvalue weighted by Gasteiger charge is -2.19. The highest BCUT2D eigenvalue weighted by Crippen LogP contribution is 2.30. The van der Waals surface area contributed by atoms with Crippen molar-refractivity contribution in [2.24, 2.45) is 5.41 Å². The Morgan fingerprint density at radius 3 is 2.62 bits per heavy atom. The molecule has 0 bridgehead atoms. The van der Waals surface area contributed by atoms with Gasteiger partial charge in [0.2, 0.25) is 11.8 Å².